The summed E-state index contributed by atoms with van der Waals surface area (Å²) < 4.78 is 5.74. The summed E-state index contributed by atoms with van der Waals surface area (Å²) in [6.45, 7) is 2.68. The van der Waals surface area contributed by atoms with Crippen LogP contribution in [0.3, 0.4) is 0 Å². The van der Waals surface area contributed by atoms with Crippen molar-refractivity contribution in [2.45, 2.75) is 51.2 Å². The molecule has 2 aromatic rings. The molecule has 0 saturated heterocycles. The molecule has 5 nitrogen and oxygen atoms in total. The van der Waals surface area contributed by atoms with E-state index in [2.05, 4.69) is 23.3 Å². The van der Waals surface area contributed by atoms with E-state index in [1.807, 2.05) is 54.8 Å². The number of hydrogen-bond acceptors (Lipinski definition) is 5. The molecule has 1 saturated carbocycles. The second-order valence-electron chi connectivity index (χ2n) is 7.76. The Hall–Kier alpha value is -1.83. The minimum atomic E-state index is -0.641. The lowest BCUT2D eigenvalue weighted by Crippen LogP contribution is -2.53. The largest absolute Gasteiger partial charge is 0.379 e. The molecule has 1 aromatic carbocycles. The summed E-state index contributed by atoms with van der Waals surface area (Å²) in [6.07, 6.45) is 3.80. The van der Waals surface area contributed by atoms with Crippen molar-refractivity contribution in [3.63, 3.8) is 0 Å². The fraction of sp³-hybridized carbons (Fsp3) is 0.478. The molecule has 30 heavy (non-hydrogen) atoms. The quantitative estimate of drug-likeness (QED) is 0.503. The van der Waals surface area contributed by atoms with Crippen molar-refractivity contribution >= 4 is 41.5 Å². The molecule has 1 fully saturated rings. The van der Waals surface area contributed by atoms with Gasteiger partial charge in [0, 0.05) is 29.3 Å². The van der Waals surface area contributed by atoms with Crippen molar-refractivity contribution < 1.29 is 14.3 Å². The van der Waals surface area contributed by atoms with Crippen LogP contribution in [-0.2, 0) is 20.7 Å². The van der Waals surface area contributed by atoms with Crippen molar-refractivity contribution in [1.82, 2.24) is 5.32 Å². The summed E-state index contributed by atoms with van der Waals surface area (Å²) in [7, 11) is 0. The summed E-state index contributed by atoms with van der Waals surface area (Å²) in [5.41, 5.74) is 0.159. The summed E-state index contributed by atoms with van der Waals surface area (Å²) in [4.78, 5) is 27.4. The number of amides is 2. The third-order valence-electron chi connectivity index (χ3n) is 5.72. The van der Waals surface area contributed by atoms with Gasteiger partial charge < -0.3 is 15.4 Å². The number of para-hydroxylation sites is 1. The molecule has 7 heteroatoms. The standard InChI is InChI=1S/C23H30N2O3S2/c1-2-28-18-10-12-23(16-29,13-11-18)22(27)25-20(15-19-9-6-14-30-19)21(26)24-17-7-4-3-5-8-17/h3-9,14,18,20,29H,2,10-13,15-16H2,1H3,(H,24,26)(H,25,27)/t18?,20-,23?/m0/s1. The molecule has 0 aliphatic heterocycles. The van der Waals surface area contributed by atoms with E-state index in [1.165, 1.54) is 0 Å². The molecule has 1 aliphatic rings. The van der Waals surface area contributed by atoms with Gasteiger partial charge in [0.15, 0.2) is 0 Å². The number of anilines is 1. The molecule has 2 amide bonds. The second-order valence-corrected chi connectivity index (χ2v) is 9.11. The van der Waals surface area contributed by atoms with Crippen LogP contribution in [0.5, 0.6) is 0 Å². The Balaban J connectivity index is 1.71. The molecule has 1 heterocycles. The maximum absolute atomic E-state index is 13.3. The number of carbonyl (C=O) groups is 2. The van der Waals surface area contributed by atoms with Crippen molar-refractivity contribution in [2.24, 2.45) is 5.41 Å². The molecule has 3 rings (SSSR count). The number of rotatable bonds is 9. The number of nitrogens with one attached hydrogen (secondary N) is 2. The lowest BCUT2D eigenvalue weighted by atomic mass is 9.73. The van der Waals surface area contributed by atoms with E-state index in [-0.39, 0.29) is 17.9 Å². The van der Waals surface area contributed by atoms with Crippen LogP contribution in [0.4, 0.5) is 5.69 Å². The van der Waals surface area contributed by atoms with Gasteiger partial charge in [-0.25, -0.2) is 0 Å². The Kier molecular flexibility index (Phi) is 8.36. The van der Waals surface area contributed by atoms with E-state index in [4.69, 9.17) is 4.74 Å². The van der Waals surface area contributed by atoms with E-state index in [9.17, 15) is 9.59 Å². The topological polar surface area (TPSA) is 67.4 Å². The lowest BCUT2D eigenvalue weighted by molar-refractivity contribution is -0.136. The molecular formula is C23H30N2O3S2. The Bertz CT molecular complexity index is 803. The van der Waals surface area contributed by atoms with Gasteiger partial charge in [0.1, 0.15) is 6.04 Å². The smallest absolute Gasteiger partial charge is 0.247 e. The SMILES string of the molecule is CCOC1CCC(CS)(C(=O)N[C@@H](Cc2cccs2)C(=O)Nc2ccccc2)CC1. The lowest BCUT2D eigenvalue weighted by Gasteiger charge is -2.38. The van der Waals surface area contributed by atoms with Crippen molar-refractivity contribution in [2.75, 3.05) is 17.7 Å². The summed E-state index contributed by atoms with van der Waals surface area (Å²) in [5.74, 6) is 0.168. The first-order chi connectivity index (χ1) is 14.6. The number of thiol groups is 1. The zero-order chi connectivity index (χ0) is 21.4. The zero-order valence-corrected chi connectivity index (χ0v) is 19.0. The molecular weight excluding hydrogens is 416 g/mol. The van der Waals surface area contributed by atoms with Gasteiger partial charge in [-0.3, -0.25) is 9.59 Å². The maximum atomic E-state index is 13.3. The Morgan fingerprint density at radius 1 is 1.20 bits per heavy atom. The maximum Gasteiger partial charge on any atom is 0.247 e. The fourth-order valence-electron chi connectivity index (χ4n) is 3.90. The Labute approximate surface area is 188 Å². The molecule has 1 aromatic heterocycles. The molecule has 2 N–H and O–H groups in total. The van der Waals surface area contributed by atoms with Crippen molar-refractivity contribution in [3.05, 3.63) is 52.7 Å². The van der Waals surface area contributed by atoms with Gasteiger partial charge in [-0.2, -0.15) is 12.6 Å². The molecule has 0 radical (unpaired) electrons. The first kappa shape index (κ1) is 22.8. The van der Waals surface area contributed by atoms with E-state index in [1.54, 1.807) is 11.3 Å². The van der Waals surface area contributed by atoms with Crippen molar-refractivity contribution in [1.29, 1.82) is 0 Å². The van der Waals surface area contributed by atoms with Gasteiger partial charge in [-0.1, -0.05) is 24.3 Å². The van der Waals surface area contributed by atoms with E-state index < -0.39 is 11.5 Å². The number of ether oxygens (including phenoxy) is 1. The number of benzene rings is 1. The van der Waals surface area contributed by atoms with Gasteiger partial charge in [0.2, 0.25) is 11.8 Å². The van der Waals surface area contributed by atoms with Crippen LogP contribution in [0.2, 0.25) is 0 Å². The highest BCUT2D eigenvalue weighted by Gasteiger charge is 2.42. The molecule has 0 spiro atoms. The van der Waals surface area contributed by atoms with Crippen LogP contribution in [0.1, 0.15) is 37.5 Å². The Morgan fingerprint density at radius 2 is 1.93 bits per heavy atom. The first-order valence-electron chi connectivity index (χ1n) is 10.5. The predicted octanol–water partition coefficient (Wildman–Crippen LogP) is 4.31. The highest BCUT2D eigenvalue weighted by atomic mass is 32.1. The molecule has 0 bridgehead atoms. The van der Waals surface area contributed by atoms with E-state index >= 15 is 0 Å². The summed E-state index contributed by atoms with van der Waals surface area (Å²) >= 11 is 6.10. The third-order valence-corrected chi connectivity index (χ3v) is 7.23. The minimum absolute atomic E-state index is 0.0859. The minimum Gasteiger partial charge on any atom is -0.379 e. The van der Waals surface area contributed by atoms with E-state index in [0.717, 1.165) is 30.6 Å². The average molecular weight is 447 g/mol. The summed E-state index contributed by atoms with van der Waals surface area (Å²) in [6, 6.07) is 12.6. The monoisotopic (exact) mass is 446 g/mol. The van der Waals surface area contributed by atoms with Crippen LogP contribution in [0.15, 0.2) is 47.8 Å². The van der Waals surface area contributed by atoms with Gasteiger partial charge >= 0.3 is 0 Å². The van der Waals surface area contributed by atoms with Crippen LogP contribution >= 0.6 is 24.0 Å². The predicted molar refractivity (Wildman–Crippen MR) is 125 cm³/mol. The second kappa shape index (κ2) is 11.0. The fourth-order valence-corrected chi connectivity index (χ4v) is 5.12. The number of carbonyl (C=O) groups excluding carboxylic acids is 2. The van der Waals surface area contributed by atoms with Gasteiger partial charge in [0.25, 0.3) is 0 Å². The highest BCUT2D eigenvalue weighted by Crippen LogP contribution is 2.39. The molecule has 0 unspecified atom stereocenters. The Morgan fingerprint density at radius 3 is 2.53 bits per heavy atom. The molecule has 162 valence electrons. The normalized spacial score (nSPS) is 22.3. The third kappa shape index (κ3) is 5.86. The zero-order valence-electron chi connectivity index (χ0n) is 17.3. The van der Waals surface area contributed by atoms with E-state index in [0.29, 0.717) is 24.5 Å². The van der Waals surface area contributed by atoms with Crippen LogP contribution in [0, 0.1) is 5.41 Å². The van der Waals surface area contributed by atoms with Crippen LogP contribution in [0.25, 0.3) is 0 Å². The molecule has 1 atom stereocenters. The van der Waals surface area contributed by atoms with Gasteiger partial charge in [-0.05, 0) is 56.2 Å². The van der Waals surface area contributed by atoms with Crippen LogP contribution < -0.4 is 10.6 Å². The number of thiophene rings is 1. The average Bonchev–Trinajstić information content (AvgIpc) is 3.28. The van der Waals surface area contributed by atoms with Gasteiger partial charge in [0.05, 0.1) is 11.5 Å². The first-order valence-corrected chi connectivity index (χ1v) is 12.0. The number of hydrogen-bond donors (Lipinski definition) is 3. The van der Waals surface area contributed by atoms with Crippen molar-refractivity contribution in [3.8, 4) is 0 Å². The molecule has 1 aliphatic carbocycles. The van der Waals surface area contributed by atoms with Crippen LogP contribution in [-0.4, -0.2) is 36.3 Å². The highest BCUT2D eigenvalue weighted by molar-refractivity contribution is 7.80. The van der Waals surface area contributed by atoms with Gasteiger partial charge in [-0.15, -0.1) is 11.3 Å². The summed E-state index contributed by atoms with van der Waals surface area (Å²) in [5, 5.41) is 7.96.